The van der Waals surface area contributed by atoms with Crippen LogP contribution >= 0.6 is 11.8 Å². The van der Waals surface area contributed by atoms with Gasteiger partial charge in [0.2, 0.25) is 5.91 Å². The van der Waals surface area contributed by atoms with Crippen LogP contribution in [0.3, 0.4) is 0 Å². The van der Waals surface area contributed by atoms with Crippen molar-refractivity contribution in [3.05, 3.63) is 35.4 Å². The normalized spacial score (nSPS) is 19.2. The highest BCUT2D eigenvalue weighted by Crippen LogP contribution is 2.31. The van der Waals surface area contributed by atoms with Gasteiger partial charge in [-0.05, 0) is 31.9 Å². The average molecular weight is 292 g/mol. The van der Waals surface area contributed by atoms with Gasteiger partial charge >= 0.3 is 0 Å². The maximum atomic E-state index is 12.3. The summed E-state index contributed by atoms with van der Waals surface area (Å²) in [6, 6.07) is 8.69. The summed E-state index contributed by atoms with van der Waals surface area (Å²) in [4.78, 5) is 14.2. The Hall–Kier alpha value is -1.00. The Morgan fingerprint density at radius 1 is 1.40 bits per heavy atom. The number of fused-ring (bicyclic) bond motifs is 1. The molecule has 0 bridgehead atoms. The van der Waals surface area contributed by atoms with Gasteiger partial charge < -0.3 is 4.90 Å². The molecule has 1 aromatic rings. The van der Waals surface area contributed by atoms with E-state index in [-0.39, 0.29) is 18.0 Å². The maximum Gasteiger partial charge on any atom is 0.239 e. The minimum absolute atomic E-state index is 0.133. The van der Waals surface area contributed by atoms with Crippen LogP contribution in [0.5, 0.6) is 0 Å². The van der Waals surface area contributed by atoms with Crippen molar-refractivity contribution in [2.45, 2.75) is 38.6 Å². The first-order chi connectivity index (χ1) is 9.67. The first kappa shape index (κ1) is 15.4. The third-order valence-corrected chi connectivity index (χ3v) is 4.95. The molecule has 110 valence electrons. The molecule has 1 aromatic carbocycles. The van der Waals surface area contributed by atoms with Crippen molar-refractivity contribution >= 4 is 17.7 Å². The molecular weight excluding hydrogens is 268 g/mol. The van der Waals surface area contributed by atoms with Crippen molar-refractivity contribution in [2.75, 3.05) is 18.8 Å². The Balaban J connectivity index is 2.06. The Labute approximate surface area is 126 Å². The van der Waals surface area contributed by atoms with E-state index in [1.54, 1.807) is 0 Å². The zero-order valence-electron chi connectivity index (χ0n) is 12.6. The van der Waals surface area contributed by atoms with Gasteiger partial charge in [-0.15, -0.1) is 0 Å². The molecule has 0 saturated heterocycles. The number of carbonyl (C=O) groups is 1. The summed E-state index contributed by atoms with van der Waals surface area (Å²) in [7, 11) is 0. The van der Waals surface area contributed by atoms with Crippen molar-refractivity contribution in [3.8, 4) is 0 Å². The molecule has 0 saturated carbocycles. The number of amides is 1. The standard InChI is InChI=1S/C16H24N2OS/c1-4-18(5-2)16(19)12(3)17-15-11-20-10-13-8-6-7-9-14(13)15/h6-9,12,15,17H,4-5,10-11H2,1-3H3. The largest absolute Gasteiger partial charge is 0.342 e. The Bertz CT molecular complexity index is 460. The second-order valence-electron chi connectivity index (χ2n) is 5.17. The second-order valence-corrected chi connectivity index (χ2v) is 6.20. The average Bonchev–Trinajstić information content (AvgIpc) is 2.48. The third-order valence-electron chi connectivity index (χ3n) is 3.87. The minimum Gasteiger partial charge on any atom is -0.342 e. The van der Waals surface area contributed by atoms with E-state index in [0.717, 1.165) is 24.6 Å². The number of hydrogen-bond donors (Lipinski definition) is 1. The topological polar surface area (TPSA) is 32.3 Å². The molecule has 1 aliphatic rings. The fraction of sp³-hybridized carbons (Fsp3) is 0.562. The molecule has 3 nitrogen and oxygen atoms in total. The number of benzene rings is 1. The number of hydrogen-bond acceptors (Lipinski definition) is 3. The molecule has 0 aliphatic carbocycles. The number of thioether (sulfide) groups is 1. The lowest BCUT2D eigenvalue weighted by Crippen LogP contribution is -2.46. The summed E-state index contributed by atoms with van der Waals surface area (Å²) in [5.41, 5.74) is 2.74. The van der Waals surface area contributed by atoms with Crippen LogP contribution in [-0.4, -0.2) is 35.7 Å². The molecule has 0 fully saturated rings. The van der Waals surface area contributed by atoms with E-state index in [1.807, 2.05) is 37.4 Å². The Morgan fingerprint density at radius 3 is 2.80 bits per heavy atom. The highest BCUT2D eigenvalue weighted by molar-refractivity contribution is 7.98. The lowest BCUT2D eigenvalue weighted by atomic mass is 10.0. The van der Waals surface area contributed by atoms with Crippen LogP contribution in [0.2, 0.25) is 0 Å². The zero-order valence-corrected chi connectivity index (χ0v) is 13.4. The van der Waals surface area contributed by atoms with Gasteiger partial charge in [0.1, 0.15) is 0 Å². The highest BCUT2D eigenvalue weighted by atomic mass is 32.2. The molecule has 2 rings (SSSR count). The van der Waals surface area contributed by atoms with Crippen LogP contribution in [0.4, 0.5) is 0 Å². The summed E-state index contributed by atoms with van der Waals surface area (Å²) in [5, 5.41) is 3.51. The van der Waals surface area contributed by atoms with E-state index in [1.165, 1.54) is 11.1 Å². The molecule has 0 radical (unpaired) electrons. The fourth-order valence-corrected chi connectivity index (χ4v) is 3.81. The smallest absolute Gasteiger partial charge is 0.239 e. The monoisotopic (exact) mass is 292 g/mol. The van der Waals surface area contributed by atoms with Gasteiger partial charge in [-0.25, -0.2) is 0 Å². The molecular formula is C16H24N2OS. The Kier molecular flexibility index (Phi) is 5.49. The van der Waals surface area contributed by atoms with E-state index in [0.29, 0.717) is 0 Å². The van der Waals surface area contributed by atoms with Crippen molar-refractivity contribution in [2.24, 2.45) is 0 Å². The van der Waals surface area contributed by atoms with Gasteiger partial charge in [0.25, 0.3) is 0 Å². The molecule has 1 heterocycles. The van der Waals surface area contributed by atoms with Gasteiger partial charge in [0, 0.05) is 30.6 Å². The molecule has 2 atom stereocenters. The lowest BCUT2D eigenvalue weighted by molar-refractivity contribution is -0.132. The van der Waals surface area contributed by atoms with Crippen molar-refractivity contribution in [3.63, 3.8) is 0 Å². The summed E-state index contributed by atoms with van der Waals surface area (Å²) in [6.07, 6.45) is 0. The predicted octanol–water partition coefficient (Wildman–Crippen LogP) is 2.82. The quantitative estimate of drug-likeness (QED) is 0.906. The number of likely N-dealkylation sites (N-methyl/N-ethyl adjacent to an activating group) is 1. The second kappa shape index (κ2) is 7.14. The maximum absolute atomic E-state index is 12.3. The van der Waals surface area contributed by atoms with Crippen LogP contribution < -0.4 is 5.32 Å². The van der Waals surface area contributed by atoms with Crippen LogP contribution in [0.25, 0.3) is 0 Å². The van der Waals surface area contributed by atoms with E-state index in [4.69, 9.17) is 0 Å². The summed E-state index contributed by atoms with van der Waals surface area (Å²) in [5.74, 6) is 2.31. The summed E-state index contributed by atoms with van der Waals surface area (Å²) < 4.78 is 0. The SMILES string of the molecule is CCN(CC)C(=O)C(C)NC1CSCc2ccccc21. The third kappa shape index (κ3) is 3.36. The molecule has 20 heavy (non-hydrogen) atoms. The number of nitrogens with one attached hydrogen (secondary N) is 1. The molecule has 1 N–H and O–H groups in total. The van der Waals surface area contributed by atoms with E-state index < -0.39 is 0 Å². The number of carbonyl (C=O) groups excluding carboxylic acids is 1. The van der Waals surface area contributed by atoms with Gasteiger partial charge in [0.15, 0.2) is 0 Å². The van der Waals surface area contributed by atoms with Crippen molar-refractivity contribution < 1.29 is 4.79 Å². The van der Waals surface area contributed by atoms with Crippen LogP contribution in [0, 0.1) is 0 Å². The predicted molar refractivity (Wildman–Crippen MR) is 85.9 cm³/mol. The molecule has 0 aromatic heterocycles. The lowest BCUT2D eigenvalue weighted by Gasteiger charge is -2.30. The first-order valence-corrected chi connectivity index (χ1v) is 8.53. The highest BCUT2D eigenvalue weighted by Gasteiger charge is 2.25. The van der Waals surface area contributed by atoms with E-state index >= 15 is 0 Å². The Morgan fingerprint density at radius 2 is 2.10 bits per heavy atom. The van der Waals surface area contributed by atoms with Crippen LogP contribution in [-0.2, 0) is 10.5 Å². The van der Waals surface area contributed by atoms with Crippen LogP contribution in [0.15, 0.2) is 24.3 Å². The molecule has 1 aliphatic heterocycles. The number of nitrogens with zero attached hydrogens (tertiary/aromatic N) is 1. The number of rotatable bonds is 5. The van der Waals surface area contributed by atoms with Gasteiger partial charge in [-0.3, -0.25) is 10.1 Å². The van der Waals surface area contributed by atoms with Gasteiger partial charge in [-0.1, -0.05) is 24.3 Å². The van der Waals surface area contributed by atoms with Gasteiger partial charge in [0.05, 0.1) is 6.04 Å². The molecule has 1 amide bonds. The summed E-state index contributed by atoms with van der Waals surface area (Å²) in [6.45, 7) is 7.58. The molecule has 2 unspecified atom stereocenters. The van der Waals surface area contributed by atoms with Crippen molar-refractivity contribution in [1.29, 1.82) is 0 Å². The van der Waals surface area contributed by atoms with E-state index in [9.17, 15) is 4.79 Å². The first-order valence-electron chi connectivity index (χ1n) is 7.37. The summed E-state index contributed by atoms with van der Waals surface area (Å²) >= 11 is 1.93. The molecule has 4 heteroatoms. The fourth-order valence-electron chi connectivity index (χ4n) is 2.70. The van der Waals surface area contributed by atoms with Gasteiger partial charge in [-0.2, -0.15) is 11.8 Å². The zero-order chi connectivity index (χ0) is 14.5. The molecule has 0 spiro atoms. The van der Waals surface area contributed by atoms with Crippen LogP contribution in [0.1, 0.15) is 37.9 Å². The minimum atomic E-state index is -0.133. The van der Waals surface area contributed by atoms with Crippen molar-refractivity contribution in [1.82, 2.24) is 10.2 Å². The van der Waals surface area contributed by atoms with E-state index in [2.05, 4.69) is 29.6 Å².